The highest BCUT2D eigenvalue weighted by atomic mass is 35.5. The minimum Gasteiger partial charge on any atom is -1.00 e. The molecule has 0 unspecified atom stereocenters. The van der Waals surface area contributed by atoms with Crippen LogP contribution in [0, 0.1) is 0 Å². The van der Waals surface area contributed by atoms with Gasteiger partial charge in [0.15, 0.2) is 19.8 Å². The first-order valence-corrected chi connectivity index (χ1v) is 3.75. The second-order valence-electron chi connectivity index (χ2n) is 3.00. The first kappa shape index (κ1) is 12.7. The number of carboxylic acid groups (broad SMARTS) is 2. The standard InChI is InChI=1S/C7H10N2O4.ClH/c10-6(11)3-9(4-7(12)13)2-1-8-5-9;/h1-2,8H,3-5H2,(H-,10,11,12,13);1H. The van der Waals surface area contributed by atoms with E-state index in [1.54, 1.807) is 12.4 Å². The highest BCUT2D eigenvalue weighted by Gasteiger charge is 2.33. The van der Waals surface area contributed by atoms with Crippen LogP contribution in [0.1, 0.15) is 0 Å². The number of carboxylic acids is 2. The van der Waals surface area contributed by atoms with Gasteiger partial charge in [0.1, 0.15) is 6.20 Å². The first-order valence-electron chi connectivity index (χ1n) is 3.75. The molecule has 1 aliphatic heterocycles. The van der Waals surface area contributed by atoms with Gasteiger partial charge in [0.05, 0.1) is 6.20 Å². The number of quaternary nitrogens is 1. The molecule has 0 fully saturated rings. The van der Waals surface area contributed by atoms with Crippen molar-refractivity contribution in [3.05, 3.63) is 12.4 Å². The fourth-order valence-corrected chi connectivity index (χ4v) is 1.31. The quantitative estimate of drug-likeness (QED) is 0.422. The predicted octanol–water partition coefficient (Wildman–Crippen LogP) is -3.99. The Labute approximate surface area is 86.8 Å². The maximum absolute atomic E-state index is 10.5. The lowest BCUT2D eigenvalue weighted by Gasteiger charge is -2.26. The third kappa shape index (κ3) is 3.23. The molecule has 0 bridgehead atoms. The smallest absolute Gasteiger partial charge is 0.359 e. The molecule has 0 saturated carbocycles. The average molecular weight is 223 g/mol. The lowest BCUT2D eigenvalue weighted by molar-refractivity contribution is -0.861. The molecule has 1 heterocycles. The minimum atomic E-state index is -1.00. The molecule has 0 radical (unpaired) electrons. The Bertz CT molecular complexity index is 250. The maximum Gasteiger partial charge on any atom is 0.359 e. The molecule has 7 heteroatoms. The Kier molecular flexibility index (Phi) is 4.39. The summed E-state index contributed by atoms with van der Waals surface area (Å²) in [6, 6.07) is 0. The van der Waals surface area contributed by atoms with Crippen molar-refractivity contribution in [2.24, 2.45) is 0 Å². The van der Waals surface area contributed by atoms with Crippen LogP contribution in [0.3, 0.4) is 0 Å². The van der Waals surface area contributed by atoms with Gasteiger partial charge in [-0.3, -0.25) is 4.48 Å². The lowest BCUT2D eigenvalue weighted by atomic mass is 10.4. The summed E-state index contributed by atoms with van der Waals surface area (Å²) in [7, 11) is 0. The summed E-state index contributed by atoms with van der Waals surface area (Å²) in [5.74, 6) is -2.01. The predicted molar refractivity (Wildman–Crippen MR) is 42.4 cm³/mol. The van der Waals surface area contributed by atoms with Crippen LogP contribution in [0.25, 0.3) is 0 Å². The van der Waals surface area contributed by atoms with E-state index in [0.717, 1.165) is 0 Å². The van der Waals surface area contributed by atoms with Crippen molar-refractivity contribution in [1.29, 1.82) is 0 Å². The molecule has 0 aromatic heterocycles. The number of hydrogen-bond acceptors (Lipinski definition) is 3. The van der Waals surface area contributed by atoms with E-state index in [0.29, 0.717) is 6.67 Å². The van der Waals surface area contributed by atoms with Gasteiger partial charge in [-0.15, -0.1) is 0 Å². The van der Waals surface area contributed by atoms with Crippen LogP contribution in [0.15, 0.2) is 12.4 Å². The van der Waals surface area contributed by atoms with Gasteiger partial charge in [-0.1, -0.05) is 0 Å². The normalized spacial score (nSPS) is 16.9. The highest BCUT2D eigenvalue weighted by Crippen LogP contribution is 2.10. The van der Waals surface area contributed by atoms with Crippen LogP contribution in [-0.2, 0) is 9.59 Å². The summed E-state index contributed by atoms with van der Waals surface area (Å²) < 4.78 is -0.0787. The van der Waals surface area contributed by atoms with E-state index in [1.807, 2.05) is 0 Å². The summed E-state index contributed by atoms with van der Waals surface area (Å²) >= 11 is 0. The molecule has 1 rings (SSSR count). The van der Waals surface area contributed by atoms with Gasteiger partial charge in [-0.25, -0.2) is 9.59 Å². The van der Waals surface area contributed by atoms with Crippen molar-refractivity contribution >= 4 is 11.9 Å². The molecule has 1 aliphatic rings. The van der Waals surface area contributed by atoms with Gasteiger partial charge >= 0.3 is 11.9 Å². The van der Waals surface area contributed by atoms with Gasteiger partial charge in [0, 0.05) is 0 Å². The van der Waals surface area contributed by atoms with Crippen LogP contribution >= 0.6 is 0 Å². The second kappa shape index (κ2) is 4.83. The second-order valence-corrected chi connectivity index (χ2v) is 3.00. The van der Waals surface area contributed by atoms with E-state index < -0.39 is 11.9 Å². The third-order valence-corrected chi connectivity index (χ3v) is 1.82. The van der Waals surface area contributed by atoms with E-state index in [4.69, 9.17) is 10.2 Å². The molecule has 80 valence electrons. The number of nitrogens with one attached hydrogen (secondary N) is 1. The van der Waals surface area contributed by atoms with Crippen LogP contribution in [0.2, 0.25) is 0 Å². The number of aliphatic carboxylic acids is 2. The van der Waals surface area contributed by atoms with Crippen LogP contribution < -0.4 is 17.7 Å². The summed E-state index contributed by atoms with van der Waals surface area (Å²) in [6.45, 7) is -0.107. The molecule has 0 aliphatic carbocycles. The zero-order chi connectivity index (χ0) is 9.90. The molecule has 6 nitrogen and oxygen atoms in total. The largest absolute Gasteiger partial charge is 1.00 e. The molecule has 0 aromatic rings. The zero-order valence-corrected chi connectivity index (χ0v) is 8.07. The van der Waals surface area contributed by atoms with Crippen molar-refractivity contribution in [2.45, 2.75) is 0 Å². The number of hydrogen-bond donors (Lipinski definition) is 3. The lowest BCUT2D eigenvalue weighted by Crippen LogP contribution is -3.00. The van der Waals surface area contributed by atoms with Gasteiger partial charge in [0.25, 0.3) is 0 Å². The monoisotopic (exact) mass is 222 g/mol. The fraction of sp³-hybridized carbons (Fsp3) is 0.429. The van der Waals surface area contributed by atoms with Crippen molar-refractivity contribution in [1.82, 2.24) is 5.32 Å². The highest BCUT2D eigenvalue weighted by molar-refractivity contribution is 5.70. The van der Waals surface area contributed by atoms with Crippen molar-refractivity contribution in [3.8, 4) is 0 Å². The van der Waals surface area contributed by atoms with Gasteiger partial charge in [-0.05, 0) is 0 Å². The molecule has 0 aromatic carbocycles. The van der Waals surface area contributed by atoms with E-state index in [9.17, 15) is 9.59 Å². The summed E-state index contributed by atoms with van der Waals surface area (Å²) in [5.41, 5.74) is 0. The Balaban J connectivity index is 0.00000169. The Morgan fingerprint density at radius 3 is 2.07 bits per heavy atom. The molecular weight excluding hydrogens is 212 g/mol. The molecule has 0 saturated heterocycles. The van der Waals surface area contributed by atoms with E-state index in [-0.39, 0.29) is 30.0 Å². The Morgan fingerprint density at radius 2 is 1.79 bits per heavy atom. The Morgan fingerprint density at radius 1 is 1.29 bits per heavy atom. The van der Waals surface area contributed by atoms with Crippen LogP contribution in [0.4, 0.5) is 0 Å². The number of carbonyl (C=O) groups is 2. The Hall–Kier alpha value is -1.27. The molecular formula is C7H11ClN2O4. The minimum absolute atomic E-state index is 0. The molecule has 0 amide bonds. The third-order valence-electron chi connectivity index (χ3n) is 1.82. The fourth-order valence-electron chi connectivity index (χ4n) is 1.31. The molecule has 0 spiro atoms. The van der Waals surface area contributed by atoms with Crippen molar-refractivity contribution in [3.63, 3.8) is 0 Å². The number of halogens is 1. The molecule has 14 heavy (non-hydrogen) atoms. The van der Waals surface area contributed by atoms with E-state index in [1.165, 1.54) is 0 Å². The van der Waals surface area contributed by atoms with Gasteiger partial charge in [0.2, 0.25) is 0 Å². The van der Waals surface area contributed by atoms with E-state index >= 15 is 0 Å². The van der Waals surface area contributed by atoms with E-state index in [2.05, 4.69) is 5.32 Å². The summed E-state index contributed by atoms with van der Waals surface area (Å²) in [5, 5.41) is 20.0. The van der Waals surface area contributed by atoms with Crippen LogP contribution in [-0.4, -0.2) is 46.4 Å². The first-order chi connectivity index (χ1) is 6.04. The molecule has 3 N–H and O–H groups in total. The topological polar surface area (TPSA) is 86.6 Å². The zero-order valence-electron chi connectivity index (χ0n) is 7.31. The number of nitrogens with zero attached hydrogens (tertiary/aromatic N) is 1. The summed E-state index contributed by atoms with van der Waals surface area (Å²) in [4.78, 5) is 20.9. The van der Waals surface area contributed by atoms with Gasteiger partial charge < -0.3 is 27.9 Å². The van der Waals surface area contributed by atoms with Crippen LogP contribution in [0.5, 0.6) is 0 Å². The summed E-state index contributed by atoms with van der Waals surface area (Å²) in [6.07, 6.45) is 3.13. The van der Waals surface area contributed by atoms with Gasteiger partial charge in [-0.2, -0.15) is 0 Å². The van der Waals surface area contributed by atoms with Crippen molar-refractivity contribution in [2.75, 3.05) is 19.8 Å². The SMILES string of the molecule is O=C(O)C[N+]1(CC(=O)O)C=CNC1.[Cl-]. The molecule has 0 atom stereocenters. The van der Waals surface area contributed by atoms with Crippen molar-refractivity contribution < 1.29 is 36.7 Å². The maximum atomic E-state index is 10.5. The average Bonchev–Trinajstić information content (AvgIpc) is 2.33. The number of rotatable bonds is 4.